The molecule has 3 rings (SSSR count). The summed E-state index contributed by atoms with van der Waals surface area (Å²) in [6, 6.07) is 15.2. The van der Waals surface area contributed by atoms with Gasteiger partial charge < -0.3 is 10.6 Å². The first kappa shape index (κ1) is 20.0. The van der Waals surface area contributed by atoms with Gasteiger partial charge in [0.15, 0.2) is 0 Å². The van der Waals surface area contributed by atoms with E-state index >= 15 is 0 Å². The molecule has 0 radical (unpaired) electrons. The van der Waals surface area contributed by atoms with E-state index in [1.54, 1.807) is 24.3 Å². The molecule has 2 amide bonds. The maximum atomic E-state index is 12.9. The van der Waals surface area contributed by atoms with Gasteiger partial charge in [-0.3, -0.25) is 14.5 Å². The third kappa shape index (κ3) is 5.39. The minimum atomic E-state index is -0.286. The van der Waals surface area contributed by atoms with Crippen LogP contribution >= 0.6 is 0 Å². The van der Waals surface area contributed by atoms with E-state index in [9.17, 15) is 14.0 Å². The molecule has 1 aliphatic rings. The summed E-state index contributed by atoms with van der Waals surface area (Å²) in [6.45, 7) is 3.78. The molecule has 1 heterocycles. The average molecular weight is 383 g/mol. The van der Waals surface area contributed by atoms with E-state index < -0.39 is 0 Å². The van der Waals surface area contributed by atoms with Crippen molar-refractivity contribution in [3.8, 4) is 0 Å². The molecule has 1 aliphatic heterocycles. The van der Waals surface area contributed by atoms with Gasteiger partial charge >= 0.3 is 0 Å². The number of carbonyl (C=O) groups excluding carboxylic acids is 2. The van der Waals surface area contributed by atoms with Gasteiger partial charge in [-0.1, -0.05) is 30.3 Å². The summed E-state index contributed by atoms with van der Waals surface area (Å²) >= 11 is 0. The Labute approximate surface area is 164 Å². The van der Waals surface area contributed by atoms with Gasteiger partial charge in [0.25, 0.3) is 5.91 Å². The van der Waals surface area contributed by atoms with Crippen LogP contribution in [-0.4, -0.2) is 41.9 Å². The molecule has 2 aromatic rings. The van der Waals surface area contributed by atoms with E-state index in [2.05, 4.69) is 15.5 Å². The highest BCUT2D eigenvalue weighted by molar-refractivity contribution is 5.94. The van der Waals surface area contributed by atoms with Crippen LogP contribution in [0.2, 0.25) is 0 Å². The number of piperidine rings is 1. The highest BCUT2D eigenvalue weighted by Crippen LogP contribution is 2.14. The Bertz CT molecular complexity index is 787. The number of rotatable bonds is 6. The van der Waals surface area contributed by atoms with Crippen LogP contribution in [0.4, 0.5) is 4.39 Å². The summed E-state index contributed by atoms with van der Waals surface area (Å²) in [4.78, 5) is 26.8. The predicted molar refractivity (Wildman–Crippen MR) is 106 cm³/mol. The lowest BCUT2D eigenvalue weighted by Gasteiger charge is -2.35. The number of halogens is 1. The smallest absolute Gasteiger partial charge is 0.251 e. The third-order valence-corrected chi connectivity index (χ3v) is 5.21. The van der Waals surface area contributed by atoms with Crippen molar-refractivity contribution in [1.29, 1.82) is 0 Å². The van der Waals surface area contributed by atoms with Crippen LogP contribution in [0.1, 0.15) is 35.7 Å². The van der Waals surface area contributed by atoms with Crippen LogP contribution in [0.25, 0.3) is 0 Å². The van der Waals surface area contributed by atoms with Gasteiger partial charge in [0.2, 0.25) is 5.91 Å². The zero-order valence-corrected chi connectivity index (χ0v) is 16.0. The molecule has 1 fully saturated rings. The van der Waals surface area contributed by atoms with Gasteiger partial charge in [0.05, 0.1) is 6.04 Å². The number of hydrogen-bond acceptors (Lipinski definition) is 3. The average Bonchev–Trinajstić information content (AvgIpc) is 2.73. The molecule has 0 aromatic heterocycles. The van der Waals surface area contributed by atoms with Crippen LogP contribution in [0.3, 0.4) is 0 Å². The molecule has 1 atom stereocenters. The number of likely N-dealkylation sites (tertiary alicyclic amines) is 1. The normalized spacial score (nSPS) is 16.4. The zero-order chi connectivity index (χ0) is 19.9. The highest BCUT2D eigenvalue weighted by Gasteiger charge is 2.27. The van der Waals surface area contributed by atoms with Crippen molar-refractivity contribution in [2.45, 2.75) is 38.4 Å². The van der Waals surface area contributed by atoms with E-state index in [1.807, 2.05) is 25.1 Å². The van der Waals surface area contributed by atoms with Gasteiger partial charge in [0.1, 0.15) is 5.82 Å². The largest absolute Gasteiger partial charge is 0.351 e. The van der Waals surface area contributed by atoms with Gasteiger partial charge in [0, 0.05) is 31.2 Å². The Kier molecular flexibility index (Phi) is 6.76. The minimum Gasteiger partial charge on any atom is -0.351 e. The summed E-state index contributed by atoms with van der Waals surface area (Å²) < 4.78 is 12.9. The lowest BCUT2D eigenvalue weighted by atomic mass is 10.0. The Hall–Kier alpha value is -2.73. The second-order valence-corrected chi connectivity index (χ2v) is 7.17. The Morgan fingerprint density at radius 3 is 2.36 bits per heavy atom. The zero-order valence-electron chi connectivity index (χ0n) is 16.0. The fourth-order valence-electron chi connectivity index (χ4n) is 3.39. The van der Waals surface area contributed by atoms with Crippen molar-refractivity contribution in [1.82, 2.24) is 15.5 Å². The maximum absolute atomic E-state index is 12.9. The lowest BCUT2D eigenvalue weighted by molar-refractivity contribution is -0.126. The van der Waals surface area contributed by atoms with Crippen molar-refractivity contribution < 1.29 is 14.0 Å². The maximum Gasteiger partial charge on any atom is 0.251 e. The van der Waals surface area contributed by atoms with Crippen LogP contribution in [0.5, 0.6) is 0 Å². The Morgan fingerprint density at radius 2 is 1.71 bits per heavy atom. The van der Waals surface area contributed by atoms with E-state index in [0.717, 1.165) is 31.5 Å². The van der Waals surface area contributed by atoms with Crippen molar-refractivity contribution in [3.63, 3.8) is 0 Å². The number of hydrogen-bond donors (Lipinski definition) is 2. The van der Waals surface area contributed by atoms with E-state index in [-0.39, 0.29) is 29.7 Å². The number of amides is 2. The molecule has 28 heavy (non-hydrogen) atoms. The molecule has 0 bridgehead atoms. The van der Waals surface area contributed by atoms with Gasteiger partial charge in [-0.15, -0.1) is 0 Å². The van der Waals surface area contributed by atoms with E-state index in [1.165, 1.54) is 12.1 Å². The topological polar surface area (TPSA) is 61.4 Å². The van der Waals surface area contributed by atoms with Crippen molar-refractivity contribution in [2.75, 3.05) is 13.1 Å². The standard InChI is InChI=1S/C22H26FN3O2/c1-16(21(27)24-15-17-7-9-19(23)10-8-17)26-13-11-20(12-14-26)25-22(28)18-5-3-2-4-6-18/h2-10,16,20H,11-15H2,1H3,(H,24,27)(H,25,28). The molecule has 2 aromatic carbocycles. The number of benzene rings is 2. The molecule has 148 valence electrons. The molecule has 6 heteroatoms. The molecular weight excluding hydrogens is 357 g/mol. The Balaban J connectivity index is 1.42. The first-order valence-corrected chi connectivity index (χ1v) is 9.65. The minimum absolute atomic E-state index is 0.0453. The first-order chi connectivity index (χ1) is 13.5. The van der Waals surface area contributed by atoms with Gasteiger partial charge in [-0.25, -0.2) is 4.39 Å². The van der Waals surface area contributed by atoms with E-state index in [0.29, 0.717) is 12.1 Å². The summed E-state index contributed by atoms with van der Waals surface area (Å²) in [5.41, 5.74) is 1.53. The van der Waals surface area contributed by atoms with Crippen LogP contribution in [-0.2, 0) is 11.3 Å². The second kappa shape index (κ2) is 9.46. The fraction of sp³-hybridized carbons (Fsp3) is 0.364. The van der Waals surface area contributed by atoms with Crippen LogP contribution in [0.15, 0.2) is 54.6 Å². The fourth-order valence-corrected chi connectivity index (χ4v) is 3.39. The predicted octanol–water partition coefficient (Wildman–Crippen LogP) is 2.72. The quantitative estimate of drug-likeness (QED) is 0.806. The SMILES string of the molecule is CC(C(=O)NCc1ccc(F)cc1)N1CCC(NC(=O)c2ccccc2)CC1. The Morgan fingerprint density at radius 1 is 1.07 bits per heavy atom. The molecular formula is C22H26FN3O2. The van der Waals surface area contributed by atoms with Crippen molar-refractivity contribution in [2.24, 2.45) is 0 Å². The number of nitrogens with one attached hydrogen (secondary N) is 2. The summed E-state index contributed by atoms with van der Waals surface area (Å²) in [6.07, 6.45) is 1.63. The first-order valence-electron chi connectivity index (χ1n) is 9.65. The summed E-state index contributed by atoms with van der Waals surface area (Å²) in [7, 11) is 0. The summed E-state index contributed by atoms with van der Waals surface area (Å²) in [5.74, 6) is -0.383. The highest BCUT2D eigenvalue weighted by atomic mass is 19.1. The molecule has 0 aliphatic carbocycles. The molecule has 0 saturated carbocycles. The number of nitrogens with zero attached hydrogens (tertiary/aromatic N) is 1. The molecule has 1 unspecified atom stereocenters. The van der Waals surface area contributed by atoms with Crippen LogP contribution in [0, 0.1) is 5.82 Å². The number of carbonyl (C=O) groups is 2. The van der Waals surface area contributed by atoms with E-state index in [4.69, 9.17) is 0 Å². The lowest BCUT2D eigenvalue weighted by Crippen LogP contribution is -2.51. The van der Waals surface area contributed by atoms with Gasteiger partial charge in [-0.2, -0.15) is 0 Å². The molecule has 2 N–H and O–H groups in total. The van der Waals surface area contributed by atoms with Gasteiger partial charge in [-0.05, 0) is 49.6 Å². The molecule has 1 saturated heterocycles. The van der Waals surface area contributed by atoms with Crippen molar-refractivity contribution in [3.05, 3.63) is 71.5 Å². The molecule has 5 nitrogen and oxygen atoms in total. The van der Waals surface area contributed by atoms with Crippen molar-refractivity contribution >= 4 is 11.8 Å². The van der Waals surface area contributed by atoms with Crippen LogP contribution < -0.4 is 10.6 Å². The summed E-state index contributed by atoms with van der Waals surface area (Å²) in [5, 5.41) is 5.99. The molecule has 0 spiro atoms. The third-order valence-electron chi connectivity index (χ3n) is 5.21. The second-order valence-electron chi connectivity index (χ2n) is 7.17. The monoisotopic (exact) mass is 383 g/mol.